The zero-order chi connectivity index (χ0) is 16.8. The molecule has 0 aliphatic heterocycles. The molecule has 0 saturated carbocycles. The second kappa shape index (κ2) is 7.87. The molecular formula is C17H23N3O3. The topological polar surface area (TPSA) is 64.4 Å². The van der Waals surface area contributed by atoms with Crippen LogP contribution in [0.5, 0.6) is 0 Å². The molecule has 0 aliphatic carbocycles. The van der Waals surface area contributed by atoms with Crippen LogP contribution in [0.25, 0.3) is 10.9 Å². The summed E-state index contributed by atoms with van der Waals surface area (Å²) in [5.74, 6) is 0.247. The molecule has 23 heavy (non-hydrogen) atoms. The van der Waals surface area contributed by atoms with Gasteiger partial charge in [-0.05, 0) is 18.1 Å². The Balaban J connectivity index is 2.20. The minimum Gasteiger partial charge on any atom is -0.383 e. The zero-order valence-electron chi connectivity index (χ0n) is 13.9. The summed E-state index contributed by atoms with van der Waals surface area (Å²) >= 11 is 0. The Morgan fingerprint density at radius 1 is 1.35 bits per heavy atom. The second-order valence-corrected chi connectivity index (χ2v) is 5.92. The van der Waals surface area contributed by atoms with Crippen LogP contribution < -0.4 is 5.56 Å². The number of rotatable bonds is 7. The highest BCUT2D eigenvalue weighted by molar-refractivity contribution is 5.79. The van der Waals surface area contributed by atoms with Crippen LogP contribution in [0, 0.1) is 5.92 Å². The Kier molecular flexibility index (Phi) is 5.87. The number of hydrogen-bond donors (Lipinski definition) is 0. The van der Waals surface area contributed by atoms with Crippen molar-refractivity contribution in [3.05, 3.63) is 40.9 Å². The van der Waals surface area contributed by atoms with Gasteiger partial charge in [0.15, 0.2) is 0 Å². The van der Waals surface area contributed by atoms with Gasteiger partial charge in [0, 0.05) is 20.2 Å². The summed E-state index contributed by atoms with van der Waals surface area (Å²) in [4.78, 5) is 31.0. The number of carbonyl (C=O) groups excluding carboxylic acids is 1. The number of benzene rings is 1. The first-order valence-corrected chi connectivity index (χ1v) is 7.73. The predicted molar refractivity (Wildman–Crippen MR) is 89.3 cm³/mol. The van der Waals surface area contributed by atoms with E-state index in [4.69, 9.17) is 4.74 Å². The van der Waals surface area contributed by atoms with Crippen molar-refractivity contribution in [2.45, 2.75) is 20.4 Å². The van der Waals surface area contributed by atoms with Crippen LogP contribution in [0.2, 0.25) is 0 Å². The number of amides is 1. The van der Waals surface area contributed by atoms with E-state index in [1.54, 1.807) is 30.2 Å². The second-order valence-electron chi connectivity index (χ2n) is 5.92. The number of hydrogen-bond acceptors (Lipinski definition) is 4. The lowest BCUT2D eigenvalue weighted by Crippen LogP contribution is -2.40. The fraction of sp³-hybridized carbons (Fsp3) is 0.471. The van der Waals surface area contributed by atoms with Crippen LogP contribution in [0.3, 0.4) is 0 Å². The molecule has 6 heteroatoms. The molecule has 0 radical (unpaired) electrons. The molecule has 1 aromatic heterocycles. The fourth-order valence-electron chi connectivity index (χ4n) is 2.42. The summed E-state index contributed by atoms with van der Waals surface area (Å²) in [7, 11) is 1.61. The maximum atomic E-state index is 12.5. The predicted octanol–water partition coefficient (Wildman–Crippen LogP) is 1.53. The quantitative estimate of drug-likeness (QED) is 0.777. The van der Waals surface area contributed by atoms with E-state index in [9.17, 15) is 9.59 Å². The molecule has 2 aromatic rings. The van der Waals surface area contributed by atoms with E-state index in [1.807, 2.05) is 6.07 Å². The van der Waals surface area contributed by atoms with Crippen molar-refractivity contribution in [2.75, 3.05) is 26.8 Å². The van der Waals surface area contributed by atoms with Crippen LogP contribution >= 0.6 is 0 Å². The summed E-state index contributed by atoms with van der Waals surface area (Å²) in [6, 6.07) is 7.13. The molecule has 0 saturated heterocycles. The van der Waals surface area contributed by atoms with Gasteiger partial charge in [-0.1, -0.05) is 26.0 Å². The van der Waals surface area contributed by atoms with Crippen molar-refractivity contribution in [1.82, 2.24) is 14.5 Å². The third-order valence-electron chi connectivity index (χ3n) is 3.54. The number of fused-ring (bicyclic) bond motifs is 1. The fourth-order valence-corrected chi connectivity index (χ4v) is 2.42. The summed E-state index contributed by atoms with van der Waals surface area (Å²) < 4.78 is 6.43. The number of ether oxygens (including phenoxy) is 1. The molecule has 6 nitrogen and oxygen atoms in total. The van der Waals surface area contributed by atoms with Gasteiger partial charge < -0.3 is 9.64 Å². The van der Waals surface area contributed by atoms with E-state index in [0.717, 1.165) is 0 Å². The lowest BCUT2D eigenvalue weighted by Gasteiger charge is -2.24. The largest absolute Gasteiger partial charge is 0.383 e. The third kappa shape index (κ3) is 4.39. The van der Waals surface area contributed by atoms with Crippen molar-refractivity contribution in [3.8, 4) is 0 Å². The highest BCUT2D eigenvalue weighted by atomic mass is 16.5. The van der Waals surface area contributed by atoms with Gasteiger partial charge in [-0.25, -0.2) is 4.98 Å². The molecule has 1 heterocycles. The molecule has 0 bridgehead atoms. The van der Waals surface area contributed by atoms with Gasteiger partial charge in [0.1, 0.15) is 6.54 Å². The van der Waals surface area contributed by atoms with Gasteiger partial charge in [0.2, 0.25) is 5.91 Å². The standard InChI is InChI=1S/C17H23N3O3/c1-13(2)10-19(8-9-23-3)16(21)11-20-12-18-15-7-5-4-6-14(15)17(20)22/h4-7,12-13H,8-11H2,1-3H3. The van der Waals surface area contributed by atoms with Gasteiger partial charge in [0.25, 0.3) is 5.56 Å². The molecule has 2 rings (SSSR count). The van der Waals surface area contributed by atoms with E-state index < -0.39 is 0 Å². The molecule has 0 fully saturated rings. The molecule has 0 unspecified atom stereocenters. The Bertz CT molecular complexity index is 724. The maximum Gasteiger partial charge on any atom is 0.261 e. The minimum absolute atomic E-state index is 0.00684. The average molecular weight is 317 g/mol. The normalized spacial score (nSPS) is 11.1. The Morgan fingerprint density at radius 2 is 2.09 bits per heavy atom. The number of carbonyl (C=O) groups is 1. The summed E-state index contributed by atoms with van der Waals surface area (Å²) in [5.41, 5.74) is 0.444. The molecule has 0 N–H and O–H groups in total. The van der Waals surface area contributed by atoms with Gasteiger partial charge in [-0.2, -0.15) is 0 Å². The molecule has 124 valence electrons. The summed E-state index contributed by atoms with van der Waals surface area (Å²) in [5, 5.41) is 0.523. The first-order valence-electron chi connectivity index (χ1n) is 7.73. The van der Waals surface area contributed by atoms with Crippen LogP contribution in [0.15, 0.2) is 35.4 Å². The van der Waals surface area contributed by atoms with E-state index in [0.29, 0.717) is 36.5 Å². The number of nitrogens with zero attached hydrogens (tertiary/aromatic N) is 3. The maximum absolute atomic E-state index is 12.5. The Labute approximate surface area is 135 Å². The van der Waals surface area contributed by atoms with E-state index >= 15 is 0 Å². The van der Waals surface area contributed by atoms with Crippen LogP contribution in [-0.2, 0) is 16.1 Å². The first kappa shape index (κ1) is 17.1. The van der Waals surface area contributed by atoms with Crippen LogP contribution in [-0.4, -0.2) is 47.2 Å². The minimum atomic E-state index is -0.194. The summed E-state index contributed by atoms with van der Waals surface area (Å²) in [6.07, 6.45) is 1.44. The smallest absolute Gasteiger partial charge is 0.261 e. The molecule has 0 spiro atoms. The molecule has 1 amide bonds. The number of para-hydroxylation sites is 1. The highest BCUT2D eigenvalue weighted by Crippen LogP contribution is 2.05. The lowest BCUT2D eigenvalue weighted by molar-refractivity contribution is -0.133. The monoisotopic (exact) mass is 317 g/mol. The van der Waals surface area contributed by atoms with Gasteiger partial charge >= 0.3 is 0 Å². The number of aromatic nitrogens is 2. The SMILES string of the molecule is COCCN(CC(C)C)C(=O)Cn1cnc2ccccc2c1=O. The van der Waals surface area contributed by atoms with Gasteiger partial charge in [0.05, 0.1) is 23.8 Å². The average Bonchev–Trinajstić information content (AvgIpc) is 2.54. The molecular weight excluding hydrogens is 294 g/mol. The molecule has 1 aromatic carbocycles. The lowest BCUT2D eigenvalue weighted by atomic mass is 10.2. The Hall–Kier alpha value is -2.21. The van der Waals surface area contributed by atoms with E-state index in [1.165, 1.54) is 10.9 Å². The van der Waals surface area contributed by atoms with Crippen molar-refractivity contribution < 1.29 is 9.53 Å². The van der Waals surface area contributed by atoms with Crippen molar-refractivity contribution in [1.29, 1.82) is 0 Å². The van der Waals surface area contributed by atoms with Crippen molar-refractivity contribution >= 4 is 16.8 Å². The first-order chi connectivity index (χ1) is 11.0. The number of methoxy groups -OCH3 is 1. The van der Waals surface area contributed by atoms with Crippen molar-refractivity contribution in [2.24, 2.45) is 5.92 Å². The van der Waals surface area contributed by atoms with Gasteiger partial charge in [-0.15, -0.1) is 0 Å². The molecule has 0 atom stereocenters. The van der Waals surface area contributed by atoms with E-state index in [-0.39, 0.29) is 18.0 Å². The van der Waals surface area contributed by atoms with E-state index in [2.05, 4.69) is 18.8 Å². The zero-order valence-corrected chi connectivity index (χ0v) is 13.9. The van der Waals surface area contributed by atoms with Crippen molar-refractivity contribution in [3.63, 3.8) is 0 Å². The Morgan fingerprint density at radius 3 is 2.78 bits per heavy atom. The highest BCUT2D eigenvalue weighted by Gasteiger charge is 2.16. The summed E-state index contributed by atoms with van der Waals surface area (Å²) in [6.45, 7) is 5.73. The third-order valence-corrected chi connectivity index (χ3v) is 3.54. The van der Waals surface area contributed by atoms with Crippen LogP contribution in [0.1, 0.15) is 13.8 Å². The van der Waals surface area contributed by atoms with Gasteiger partial charge in [-0.3, -0.25) is 14.2 Å². The van der Waals surface area contributed by atoms with Crippen LogP contribution in [0.4, 0.5) is 0 Å². The molecule has 0 aliphatic rings.